The van der Waals surface area contributed by atoms with Gasteiger partial charge in [0.25, 0.3) is 5.91 Å². The normalized spacial score (nSPS) is 18.1. The van der Waals surface area contributed by atoms with E-state index in [-0.39, 0.29) is 47.6 Å². The van der Waals surface area contributed by atoms with Crippen LogP contribution in [0.25, 0.3) is 22.3 Å². The Kier molecular flexibility index (Phi) is 7.48. The number of rotatable bonds is 5. The molecule has 3 N–H and O–H groups in total. The number of carbonyl (C=O) groups excluding carboxylic acids is 2. The van der Waals surface area contributed by atoms with E-state index in [2.05, 4.69) is 25.0 Å². The molecule has 3 heterocycles. The molecule has 0 saturated carbocycles. The number of alkyl halides is 4. The van der Waals surface area contributed by atoms with Crippen molar-refractivity contribution in [1.82, 2.24) is 19.9 Å². The molecule has 0 bridgehead atoms. The van der Waals surface area contributed by atoms with E-state index >= 15 is 0 Å². The number of nitrogens with one attached hydrogen (secondary N) is 1. The topological polar surface area (TPSA) is 133 Å². The van der Waals surface area contributed by atoms with E-state index < -0.39 is 41.9 Å². The fourth-order valence-electron chi connectivity index (χ4n) is 4.12. The van der Waals surface area contributed by atoms with E-state index in [9.17, 15) is 27.2 Å². The second-order valence-corrected chi connectivity index (χ2v) is 9.97. The van der Waals surface area contributed by atoms with Gasteiger partial charge >= 0.3 is 12.5 Å². The third-order valence-electron chi connectivity index (χ3n) is 5.63. The number of nitrogens with zero attached hydrogens (tertiary/aromatic N) is 4. The van der Waals surface area contributed by atoms with Crippen LogP contribution in [0.3, 0.4) is 0 Å². The highest BCUT2D eigenvalue weighted by Crippen LogP contribution is 2.30. The lowest BCUT2D eigenvalue weighted by molar-refractivity contribution is -0.274. The molecule has 1 aliphatic heterocycles. The minimum absolute atomic E-state index is 0.00142. The quantitative estimate of drug-likeness (QED) is 0.446. The number of hydrogen-bond acceptors (Lipinski definition) is 8. The SMILES string of the molecule is CC(C)(C)OC(=O)N1CC(F)CC(Nc2ncnc3c(C(N)=O)cc(-c4ccc(OC(F)(F)F)cc4)nc23)C1. The van der Waals surface area contributed by atoms with Crippen molar-refractivity contribution in [3.8, 4) is 17.0 Å². The van der Waals surface area contributed by atoms with E-state index in [1.165, 1.54) is 29.4 Å². The van der Waals surface area contributed by atoms with Crippen LogP contribution < -0.4 is 15.8 Å². The van der Waals surface area contributed by atoms with Crippen molar-refractivity contribution < 1.29 is 36.6 Å². The monoisotopic (exact) mass is 550 g/mol. The molecule has 10 nitrogen and oxygen atoms in total. The molecule has 208 valence electrons. The first-order valence-corrected chi connectivity index (χ1v) is 11.9. The highest BCUT2D eigenvalue weighted by Gasteiger charge is 2.33. The number of fused-ring (bicyclic) bond motifs is 1. The molecule has 2 aromatic heterocycles. The van der Waals surface area contributed by atoms with Crippen molar-refractivity contribution in [2.45, 2.75) is 51.4 Å². The molecule has 0 spiro atoms. The Morgan fingerprint density at radius 2 is 1.77 bits per heavy atom. The predicted molar refractivity (Wildman–Crippen MR) is 133 cm³/mol. The van der Waals surface area contributed by atoms with Crippen LogP contribution in [0, 0.1) is 0 Å². The van der Waals surface area contributed by atoms with E-state index in [4.69, 9.17) is 10.5 Å². The summed E-state index contributed by atoms with van der Waals surface area (Å²) in [7, 11) is 0. The van der Waals surface area contributed by atoms with E-state index in [1.54, 1.807) is 20.8 Å². The molecule has 2 amide bonds. The molecular weight excluding hydrogens is 524 g/mol. The maximum Gasteiger partial charge on any atom is 0.573 e. The first-order chi connectivity index (χ1) is 18.2. The molecule has 0 radical (unpaired) electrons. The van der Waals surface area contributed by atoms with Gasteiger partial charge in [0, 0.05) is 24.6 Å². The molecule has 4 rings (SSSR count). The Morgan fingerprint density at radius 1 is 1.08 bits per heavy atom. The van der Waals surface area contributed by atoms with Crippen LogP contribution >= 0.6 is 0 Å². The summed E-state index contributed by atoms with van der Waals surface area (Å²) in [4.78, 5) is 38.9. The van der Waals surface area contributed by atoms with Crippen LogP contribution in [0.4, 0.5) is 28.2 Å². The molecular formula is C25H26F4N6O4. The first-order valence-electron chi connectivity index (χ1n) is 11.9. The number of halogens is 4. The number of aromatic nitrogens is 3. The number of anilines is 1. The fourth-order valence-corrected chi connectivity index (χ4v) is 4.12. The maximum absolute atomic E-state index is 14.6. The standard InChI is InChI=1S/C25H26F4N6O4/c1-24(2,3)39-23(37)35-10-14(26)8-15(11-35)33-22-20-19(31-12-32-22)17(21(30)36)9-18(34-20)13-4-6-16(7-5-13)38-25(27,28)29/h4-7,9,12,14-15H,8,10-11H2,1-3H3,(H2,30,36)(H,31,32,33). The predicted octanol–water partition coefficient (Wildman–Crippen LogP) is 4.45. The largest absolute Gasteiger partial charge is 0.573 e. The zero-order chi connectivity index (χ0) is 28.5. The van der Waals surface area contributed by atoms with Gasteiger partial charge in [0.1, 0.15) is 34.9 Å². The van der Waals surface area contributed by atoms with Gasteiger partial charge in [-0.2, -0.15) is 0 Å². The molecule has 1 saturated heterocycles. The zero-order valence-corrected chi connectivity index (χ0v) is 21.3. The molecule has 1 aliphatic rings. The molecule has 0 aliphatic carbocycles. The number of pyridine rings is 1. The number of amides is 2. The molecule has 1 fully saturated rings. The van der Waals surface area contributed by atoms with Crippen molar-refractivity contribution in [3.05, 3.63) is 42.2 Å². The van der Waals surface area contributed by atoms with Crippen LogP contribution in [0.2, 0.25) is 0 Å². The number of ether oxygens (including phenoxy) is 2. The number of hydrogen-bond donors (Lipinski definition) is 2. The number of nitrogens with two attached hydrogens (primary N) is 1. The summed E-state index contributed by atoms with van der Waals surface area (Å²) >= 11 is 0. The smallest absolute Gasteiger partial charge is 0.444 e. The summed E-state index contributed by atoms with van der Waals surface area (Å²) in [6.07, 6.45) is -5.59. The highest BCUT2D eigenvalue weighted by molar-refractivity contribution is 6.06. The summed E-state index contributed by atoms with van der Waals surface area (Å²) in [5.74, 6) is -1.09. The number of piperidine rings is 1. The Balaban J connectivity index is 1.67. The Morgan fingerprint density at radius 3 is 2.38 bits per heavy atom. The minimum Gasteiger partial charge on any atom is -0.444 e. The number of carbonyl (C=O) groups is 2. The zero-order valence-electron chi connectivity index (χ0n) is 21.3. The van der Waals surface area contributed by atoms with Gasteiger partial charge in [0.2, 0.25) is 0 Å². The molecule has 3 aromatic rings. The summed E-state index contributed by atoms with van der Waals surface area (Å²) in [5.41, 5.74) is 5.64. The highest BCUT2D eigenvalue weighted by atomic mass is 19.4. The first kappa shape index (κ1) is 27.8. The summed E-state index contributed by atoms with van der Waals surface area (Å²) in [6.45, 7) is 5.12. The number of primary amides is 1. The second-order valence-electron chi connectivity index (χ2n) is 9.97. The van der Waals surface area contributed by atoms with Crippen LogP contribution in [-0.4, -0.2) is 69.1 Å². The van der Waals surface area contributed by atoms with Crippen molar-refractivity contribution in [2.75, 3.05) is 18.4 Å². The third-order valence-corrected chi connectivity index (χ3v) is 5.63. The molecule has 14 heteroatoms. The summed E-state index contributed by atoms with van der Waals surface area (Å²) in [5, 5.41) is 3.08. The van der Waals surface area contributed by atoms with E-state index in [1.807, 2.05) is 0 Å². The summed E-state index contributed by atoms with van der Waals surface area (Å²) in [6, 6.07) is 5.67. The lowest BCUT2D eigenvalue weighted by Gasteiger charge is -2.36. The molecule has 2 atom stereocenters. The second kappa shape index (κ2) is 10.5. The lowest BCUT2D eigenvalue weighted by atomic mass is 10.0. The Labute approximate surface area is 220 Å². The number of likely N-dealkylation sites (tertiary alicyclic amines) is 1. The summed E-state index contributed by atoms with van der Waals surface area (Å²) < 4.78 is 61.4. The third kappa shape index (κ3) is 7.00. The van der Waals surface area contributed by atoms with E-state index in [0.29, 0.717) is 5.56 Å². The maximum atomic E-state index is 14.6. The Hall–Kier alpha value is -4.23. The van der Waals surface area contributed by atoms with E-state index in [0.717, 1.165) is 12.1 Å². The van der Waals surface area contributed by atoms with Gasteiger partial charge in [-0.1, -0.05) is 0 Å². The van der Waals surface area contributed by atoms with Gasteiger partial charge in [-0.25, -0.2) is 24.1 Å². The van der Waals surface area contributed by atoms with Crippen LogP contribution in [0.1, 0.15) is 37.6 Å². The van der Waals surface area contributed by atoms with Crippen LogP contribution in [-0.2, 0) is 4.74 Å². The van der Waals surface area contributed by atoms with Crippen molar-refractivity contribution in [2.24, 2.45) is 5.73 Å². The Bertz CT molecular complexity index is 1380. The average molecular weight is 551 g/mol. The van der Waals surface area contributed by atoms with Crippen molar-refractivity contribution in [1.29, 1.82) is 0 Å². The van der Waals surface area contributed by atoms with Gasteiger partial charge in [0.15, 0.2) is 5.82 Å². The minimum atomic E-state index is -4.85. The van der Waals surface area contributed by atoms with Gasteiger partial charge in [-0.15, -0.1) is 13.2 Å². The molecule has 1 aromatic carbocycles. The van der Waals surface area contributed by atoms with Crippen LogP contribution in [0.15, 0.2) is 36.7 Å². The molecule has 2 unspecified atom stereocenters. The van der Waals surface area contributed by atoms with Gasteiger partial charge in [-0.3, -0.25) is 4.79 Å². The van der Waals surface area contributed by atoms with Gasteiger partial charge < -0.3 is 25.4 Å². The number of benzene rings is 1. The fraction of sp³-hybridized carbons (Fsp3) is 0.400. The van der Waals surface area contributed by atoms with Crippen LogP contribution in [0.5, 0.6) is 5.75 Å². The molecule has 39 heavy (non-hydrogen) atoms. The average Bonchev–Trinajstić information content (AvgIpc) is 2.81. The van der Waals surface area contributed by atoms with Gasteiger partial charge in [-0.05, 0) is 51.1 Å². The van der Waals surface area contributed by atoms with Crippen molar-refractivity contribution >= 4 is 28.9 Å². The van der Waals surface area contributed by atoms with Crippen molar-refractivity contribution in [3.63, 3.8) is 0 Å². The lowest BCUT2D eigenvalue weighted by Crippen LogP contribution is -2.51. The van der Waals surface area contributed by atoms with Gasteiger partial charge in [0.05, 0.1) is 17.8 Å².